The van der Waals surface area contributed by atoms with Crippen molar-refractivity contribution in [2.75, 3.05) is 0 Å². The average Bonchev–Trinajstić information content (AvgIpc) is 2.62. The molecule has 3 heteroatoms. The monoisotopic (exact) mass is 300 g/mol. The molecule has 23 heavy (non-hydrogen) atoms. The summed E-state index contributed by atoms with van der Waals surface area (Å²) in [6.07, 6.45) is 2.61. The molecule has 3 rings (SSSR count). The van der Waals surface area contributed by atoms with Gasteiger partial charge in [0.2, 0.25) is 0 Å². The van der Waals surface area contributed by atoms with Gasteiger partial charge in [0.15, 0.2) is 0 Å². The van der Waals surface area contributed by atoms with Gasteiger partial charge in [0.1, 0.15) is 6.10 Å². The van der Waals surface area contributed by atoms with E-state index < -0.39 is 6.10 Å². The molecule has 0 amide bonds. The van der Waals surface area contributed by atoms with Crippen LogP contribution in [-0.4, -0.2) is 10.1 Å². The molecule has 1 N–H and O–H groups in total. The van der Waals surface area contributed by atoms with Gasteiger partial charge >= 0.3 is 0 Å². The van der Waals surface area contributed by atoms with Gasteiger partial charge in [0.05, 0.1) is 11.6 Å². The maximum atomic E-state index is 10.7. The Morgan fingerprint density at radius 1 is 1.09 bits per heavy atom. The minimum atomic E-state index is -0.759. The highest BCUT2D eigenvalue weighted by atomic mass is 16.3. The van der Waals surface area contributed by atoms with Gasteiger partial charge in [0.25, 0.3) is 0 Å². The molecule has 0 saturated heterocycles. The number of rotatable bonds is 3. The maximum Gasteiger partial charge on any atom is 0.106 e. The molecule has 0 saturated carbocycles. The first-order valence-corrected chi connectivity index (χ1v) is 7.38. The summed E-state index contributed by atoms with van der Waals surface area (Å²) in [4.78, 5) is 4.15. The number of aliphatic hydroxyl groups is 1. The van der Waals surface area contributed by atoms with Gasteiger partial charge in [-0.15, -0.1) is 0 Å². The van der Waals surface area contributed by atoms with Crippen molar-refractivity contribution in [1.82, 2.24) is 4.98 Å². The molecule has 0 radical (unpaired) electrons. The molecule has 1 heterocycles. The number of pyridine rings is 1. The Kier molecular flexibility index (Phi) is 4.18. The van der Waals surface area contributed by atoms with Crippen molar-refractivity contribution in [1.29, 1.82) is 5.26 Å². The first-order chi connectivity index (χ1) is 11.2. The highest BCUT2D eigenvalue weighted by molar-refractivity contribution is 5.69. The molecule has 0 spiro atoms. The van der Waals surface area contributed by atoms with E-state index in [1.165, 1.54) is 0 Å². The van der Waals surface area contributed by atoms with Crippen molar-refractivity contribution in [3.05, 3.63) is 89.2 Å². The third-order valence-electron chi connectivity index (χ3n) is 3.84. The molecule has 2 aromatic carbocycles. The number of aryl methyl sites for hydroxylation is 1. The SMILES string of the molecule is Cc1ccc(C(O)c2cnccc2-c2cccc(C#N)c2)cc1. The number of aliphatic hydroxyl groups excluding tert-OH is 1. The fourth-order valence-electron chi connectivity index (χ4n) is 2.57. The third kappa shape index (κ3) is 3.13. The van der Waals surface area contributed by atoms with E-state index in [4.69, 9.17) is 5.26 Å². The van der Waals surface area contributed by atoms with E-state index in [0.717, 1.165) is 27.8 Å². The topological polar surface area (TPSA) is 56.9 Å². The van der Waals surface area contributed by atoms with Crippen molar-refractivity contribution in [2.45, 2.75) is 13.0 Å². The zero-order chi connectivity index (χ0) is 16.2. The zero-order valence-electron chi connectivity index (χ0n) is 12.8. The second-order valence-corrected chi connectivity index (χ2v) is 5.47. The molecule has 0 aliphatic heterocycles. The number of aromatic nitrogens is 1. The molecule has 1 aromatic heterocycles. The van der Waals surface area contributed by atoms with Gasteiger partial charge in [-0.3, -0.25) is 4.98 Å². The lowest BCUT2D eigenvalue weighted by molar-refractivity contribution is 0.220. The lowest BCUT2D eigenvalue weighted by Crippen LogP contribution is -2.02. The summed E-state index contributed by atoms with van der Waals surface area (Å²) in [5.74, 6) is 0. The second kappa shape index (κ2) is 6.43. The Morgan fingerprint density at radius 2 is 1.87 bits per heavy atom. The number of hydrogen-bond donors (Lipinski definition) is 1. The number of nitrogens with zero attached hydrogens (tertiary/aromatic N) is 2. The van der Waals surface area contributed by atoms with Crippen molar-refractivity contribution in [3.8, 4) is 17.2 Å². The van der Waals surface area contributed by atoms with Gasteiger partial charge in [-0.2, -0.15) is 5.26 Å². The van der Waals surface area contributed by atoms with E-state index in [0.29, 0.717) is 5.56 Å². The first kappa shape index (κ1) is 15.0. The van der Waals surface area contributed by atoms with Gasteiger partial charge in [-0.1, -0.05) is 42.0 Å². The van der Waals surface area contributed by atoms with E-state index in [-0.39, 0.29) is 0 Å². The minimum absolute atomic E-state index is 0.593. The van der Waals surface area contributed by atoms with Crippen LogP contribution in [0.25, 0.3) is 11.1 Å². The fourth-order valence-corrected chi connectivity index (χ4v) is 2.57. The molecular weight excluding hydrogens is 284 g/mol. The molecule has 3 aromatic rings. The van der Waals surface area contributed by atoms with Crippen LogP contribution in [0.15, 0.2) is 67.0 Å². The molecule has 1 atom stereocenters. The highest BCUT2D eigenvalue weighted by Crippen LogP contribution is 2.31. The van der Waals surface area contributed by atoms with Crippen molar-refractivity contribution in [3.63, 3.8) is 0 Å². The molecule has 0 fully saturated rings. The maximum absolute atomic E-state index is 10.7. The molecule has 1 unspecified atom stereocenters. The van der Waals surface area contributed by atoms with E-state index in [9.17, 15) is 5.11 Å². The Balaban J connectivity index is 2.07. The normalized spacial score (nSPS) is 11.7. The van der Waals surface area contributed by atoms with E-state index >= 15 is 0 Å². The van der Waals surface area contributed by atoms with Crippen LogP contribution >= 0.6 is 0 Å². The van der Waals surface area contributed by atoms with Gasteiger partial charge in [-0.25, -0.2) is 0 Å². The summed E-state index contributed by atoms with van der Waals surface area (Å²) in [7, 11) is 0. The summed E-state index contributed by atoms with van der Waals surface area (Å²) >= 11 is 0. The average molecular weight is 300 g/mol. The Labute approximate surface area is 135 Å². The number of nitriles is 1. The van der Waals surface area contributed by atoms with Crippen LogP contribution in [-0.2, 0) is 0 Å². The first-order valence-electron chi connectivity index (χ1n) is 7.38. The summed E-state index contributed by atoms with van der Waals surface area (Å²) in [5, 5.41) is 19.8. The van der Waals surface area contributed by atoms with E-state index in [2.05, 4.69) is 11.1 Å². The standard InChI is InChI=1S/C20H16N2O/c1-14-5-7-16(8-6-14)20(23)19-13-22-10-9-18(19)17-4-2-3-15(11-17)12-21/h2-11,13,20,23H,1H3. The van der Waals surface area contributed by atoms with Crippen LogP contribution in [0.5, 0.6) is 0 Å². The van der Waals surface area contributed by atoms with E-state index in [1.54, 1.807) is 18.5 Å². The van der Waals surface area contributed by atoms with Crippen molar-refractivity contribution >= 4 is 0 Å². The van der Waals surface area contributed by atoms with Crippen LogP contribution < -0.4 is 0 Å². The summed E-state index contributed by atoms with van der Waals surface area (Å²) in [6, 6.07) is 19.2. The second-order valence-electron chi connectivity index (χ2n) is 5.47. The lowest BCUT2D eigenvalue weighted by Gasteiger charge is -2.16. The smallest absolute Gasteiger partial charge is 0.106 e. The molecule has 0 aliphatic rings. The molecule has 112 valence electrons. The van der Waals surface area contributed by atoms with Crippen LogP contribution in [0.3, 0.4) is 0 Å². The highest BCUT2D eigenvalue weighted by Gasteiger charge is 2.16. The molecular formula is C20H16N2O. The van der Waals surface area contributed by atoms with Gasteiger partial charge in [-0.05, 0) is 41.8 Å². The van der Waals surface area contributed by atoms with Crippen LogP contribution in [0.2, 0.25) is 0 Å². The van der Waals surface area contributed by atoms with Crippen molar-refractivity contribution in [2.24, 2.45) is 0 Å². The van der Waals surface area contributed by atoms with Gasteiger partial charge in [0, 0.05) is 18.0 Å². The zero-order valence-corrected chi connectivity index (χ0v) is 12.8. The Morgan fingerprint density at radius 3 is 2.61 bits per heavy atom. The summed E-state index contributed by atoms with van der Waals surface area (Å²) in [6.45, 7) is 2.01. The lowest BCUT2D eigenvalue weighted by atomic mass is 9.93. The van der Waals surface area contributed by atoms with Crippen LogP contribution in [0.4, 0.5) is 0 Å². The third-order valence-corrected chi connectivity index (χ3v) is 3.84. The largest absolute Gasteiger partial charge is 0.384 e. The summed E-state index contributed by atoms with van der Waals surface area (Å²) in [5.41, 5.74) is 5.06. The van der Waals surface area contributed by atoms with Crippen LogP contribution in [0, 0.1) is 18.3 Å². The predicted octanol–water partition coefficient (Wildman–Crippen LogP) is 4.01. The van der Waals surface area contributed by atoms with Crippen LogP contribution in [0.1, 0.15) is 28.4 Å². The van der Waals surface area contributed by atoms with Crippen molar-refractivity contribution < 1.29 is 5.11 Å². The molecule has 0 aliphatic carbocycles. The van der Waals surface area contributed by atoms with E-state index in [1.807, 2.05) is 55.5 Å². The minimum Gasteiger partial charge on any atom is -0.384 e. The molecule has 3 nitrogen and oxygen atoms in total. The quantitative estimate of drug-likeness (QED) is 0.795. The fraction of sp³-hybridized carbons (Fsp3) is 0.100. The Hall–Kier alpha value is -2.96. The van der Waals surface area contributed by atoms with Gasteiger partial charge < -0.3 is 5.11 Å². The Bertz CT molecular complexity index is 863. The predicted molar refractivity (Wildman–Crippen MR) is 89.6 cm³/mol. The molecule has 0 bridgehead atoms. The summed E-state index contributed by atoms with van der Waals surface area (Å²) < 4.78 is 0. The number of benzene rings is 2. The number of hydrogen-bond acceptors (Lipinski definition) is 3.